The lowest BCUT2D eigenvalue weighted by molar-refractivity contribution is 0.974. The van der Waals surface area contributed by atoms with Gasteiger partial charge >= 0.3 is 0 Å². The number of nitrogens with one attached hydrogen (secondary N) is 1. The molecule has 1 N–H and O–H groups in total. The highest BCUT2D eigenvalue weighted by molar-refractivity contribution is 6.32. The van der Waals surface area contributed by atoms with E-state index in [9.17, 15) is 0 Å². The third-order valence-corrected chi connectivity index (χ3v) is 2.89. The number of hydrogen-bond donors (Lipinski definition) is 1. The van der Waals surface area contributed by atoms with Crippen molar-refractivity contribution in [2.75, 3.05) is 5.32 Å². The average Bonchev–Trinajstić information content (AvgIpc) is 2.30. The first-order chi connectivity index (χ1) is 8.08. The molecule has 0 spiro atoms. The molecule has 0 unspecified atom stereocenters. The Hall–Kier alpha value is -1.39. The smallest absolute Gasteiger partial charge is 0.245 e. The van der Waals surface area contributed by atoms with E-state index in [1.54, 1.807) is 0 Å². The van der Waals surface area contributed by atoms with E-state index in [1.165, 1.54) is 5.56 Å². The van der Waals surface area contributed by atoms with Crippen LogP contribution in [0.5, 0.6) is 0 Å². The Morgan fingerprint density at radius 3 is 2.65 bits per heavy atom. The summed E-state index contributed by atoms with van der Waals surface area (Å²) in [5.41, 5.74) is 3.22. The van der Waals surface area contributed by atoms with Gasteiger partial charge in [-0.1, -0.05) is 23.7 Å². The Labute approximate surface area is 109 Å². The molecule has 0 radical (unpaired) electrons. The number of anilines is 2. The van der Waals surface area contributed by atoms with Gasteiger partial charge in [-0.15, -0.1) is 10.2 Å². The van der Waals surface area contributed by atoms with E-state index < -0.39 is 0 Å². The number of aryl methyl sites for hydroxylation is 1. The maximum Gasteiger partial charge on any atom is 0.245 e. The number of aromatic nitrogens is 3. The van der Waals surface area contributed by atoms with Crippen molar-refractivity contribution >= 4 is 34.7 Å². The van der Waals surface area contributed by atoms with Crippen molar-refractivity contribution in [1.29, 1.82) is 0 Å². The van der Waals surface area contributed by atoms with Crippen molar-refractivity contribution in [2.24, 2.45) is 0 Å². The summed E-state index contributed by atoms with van der Waals surface area (Å²) in [6, 6.07) is 5.93. The molecule has 88 valence electrons. The maximum atomic E-state index is 5.88. The Kier molecular flexibility index (Phi) is 3.45. The average molecular weight is 269 g/mol. The number of rotatable bonds is 2. The van der Waals surface area contributed by atoms with Gasteiger partial charge in [-0.05, 0) is 42.6 Å². The summed E-state index contributed by atoms with van der Waals surface area (Å²) >= 11 is 11.6. The van der Waals surface area contributed by atoms with Gasteiger partial charge in [0.05, 0.1) is 0 Å². The van der Waals surface area contributed by atoms with Crippen LogP contribution in [0.25, 0.3) is 0 Å². The van der Waals surface area contributed by atoms with E-state index in [-0.39, 0.29) is 10.4 Å². The first-order valence-electron chi connectivity index (χ1n) is 4.97. The van der Waals surface area contributed by atoms with Crippen molar-refractivity contribution in [3.8, 4) is 0 Å². The summed E-state index contributed by atoms with van der Waals surface area (Å²) in [6.07, 6.45) is 0. The van der Waals surface area contributed by atoms with Crippen LogP contribution in [0.1, 0.15) is 11.1 Å². The monoisotopic (exact) mass is 268 g/mol. The Balaban J connectivity index is 2.38. The molecule has 0 aliphatic heterocycles. The predicted molar refractivity (Wildman–Crippen MR) is 69.0 cm³/mol. The molecule has 2 rings (SSSR count). The molecule has 0 saturated carbocycles. The van der Waals surface area contributed by atoms with E-state index >= 15 is 0 Å². The van der Waals surface area contributed by atoms with Gasteiger partial charge in [0, 0.05) is 5.69 Å². The molecule has 4 nitrogen and oxygen atoms in total. The number of nitrogens with zero attached hydrogens (tertiary/aromatic N) is 3. The molecule has 1 heterocycles. The first kappa shape index (κ1) is 12.1. The van der Waals surface area contributed by atoms with E-state index in [0.29, 0.717) is 5.82 Å². The number of halogens is 2. The highest BCUT2D eigenvalue weighted by atomic mass is 35.5. The zero-order chi connectivity index (χ0) is 12.4. The van der Waals surface area contributed by atoms with Crippen molar-refractivity contribution in [2.45, 2.75) is 13.8 Å². The van der Waals surface area contributed by atoms with Crippen LogP contribution in [-0.4, -0.2) is 15.2 Å². The van der Waals surface area contributed by atoms with E-state index in [0.717, 1.165) is 11.3 Å². The molecule has 1 aromatic carbocycles. The fraction of sp³-hybridized carbons (Fsp3) is 0.182. The largest absolute Gasteiger partial charge is 0.337 e. The molecule has 0 saturated heterocycles. The Morgan fingerprint density at radius 1 is 1.12 bits per heavy atom. The molecular formula is C11H10Cl2N4. The van der Waals surface area contributed by atoms with Crippen molar-refractivity contribution in [3.63, 3.8) is 0 Å². The van der Waals surface area contributed by atoms with E-state index in [4.69, 9.17) is 23.2 Å². The van der Waals surface area contributed by atoms with Crippen LogP contribution in [0.2, 0.25) is 10.4 Å². The zero-order valence-electron chi connectivity index (χ0n) is 9.33. The van der Waals surface area contributed by atoms with E-state index in [2.05, 4.69) is 20.5 Å². The number of benzene rings is 1. The van der Waals surface area contributed by atoms with Gasteiger partial charge in [0.25, 0.3) is 0 Å². The van der Waals surface area contributed by atoms with Gasteiger partial charge in [0.15, 0.2) is 11.0 Å². The molecule has 0 aliphatic rings. The van der Waals surface area contributed by atoms with Crippen molar-refractivity contribution in [1.82, 2.24) is 15.2 Å². The topological polar surface area (TPSA) is 50.7 Å². The van der Waals surface area contributed by atoms with E-state index in [1.807, 2.05) is 32.0 Å². The lowest BCUT2D eigenvalue weighted by atomic mass is 10.1. The summed E-state index contributed by atoms with van der Waals surface area (Å²) in [6.45, 7) is 4.05. The zero-order valence-corrected chi connectivity index (χ0v) is 10.8. The van der Waals surface area contributed by atoms with Gasteiger partial charge in [-0.3, -0.25) is 0 Å². The molecule has 0 atom stereocenters. The van der Waals surface area contributed by atoms with Crippen LogP contribution >= 0.6 is 23.2 Å². The van der Waals surface area contributed by atoms with Gasteiger partial charge < -0.3 is 5.32 Å². The second-order valence-corrected chi connectivity index (χ2v) is 4.29. The van der Waals surface area contributed by atoms with Crippen molar-refractivity contribution in [3.05, 3.63) is 39.8 Å². The second kappa shape index (κ2) is 4.85. The van der Waals surface area contributed by atoms with Crippen LogP contribution in [0.3, 0.4) is 0 Å². The molecule has 2 aromatic rings. The van der Waals surface area contributed by atoms with Gasteiger partial charge in [0.2, 0.25) is 5.28 Å². The number of hydrogen-bond acceptors (Lipinski definition) is 4. The normalized spacial score (nSPS) is 10.4. The molecule has 6 heteroatoms. The summed E-state index contributed by atoms with van der Waals surface area (Å²) in [5, 5.41) is 10.6. The predicted octanol–water partition coefficient (Wildman–Crippen LogP) is 3.54. The lowest BCUT2D eigenvalue weighted by Gasteiger charge is -2.10. The third kappa shape index (κ3) is 2.65. The second-order valence-electron chi connectivity index (χ2n) is 3.59. The molecular weight excluding hydrogens is 259 g/mol. The maximum absolute atomic E-state index is 5.88. The summed E-state index contributed by atoms with van der Waals surface area (Å²) in [5.74, 6) is 0.403. The van der Waals surface area contributed by atoms with Crippen LogP contribution < -0.4 is 5.32 Å². The Morgan fingerprint density at radius 2 is 1.88 bits per heavy atom. The van der Waals surface area contributed by atoms with Crippen LogP contribution in [-0.2, 0) is 0 Å². The minimum Gasteiger partial charge on any atom is -0.337 e. The van der Waals surface area contributed by atoms with Crippen LogP contribution in [0.15, 0.2) is 18.2 Å². The highest BCUT2D eigenvalue weighted by Gasteiger charge is 2.08. The molecule has 0 amide bonds. The summed E-state index contributed by atoms with van der Waals surface area (Å²) in [7, 11) is 0. The first-order valence-corrected chi connectivity index (χ1v) is 5.72. The molecule has 0 fully saturated rings. The molecule has 0 aliphatic carbocycles. The Bertz CT molecular complexity index is 557. The highest BCUT2D eigenvalue weighted by Crippen LogP contribution is 2.25. The van der Waals surface area contributed by atoms with Gasteiger partial charge in [-0.25, -0.2) is 0 Å². The minimum absolute atomic E-state index is 0.0576. The third-order valence-electron chi connectivity index (χ3n) is 2.48. The van der Waals surface area contributed by atoms with Crippen molar-refractivity contribution < 1.29 is 0 Å². The van der Waals surface area contributed by atoms with Gasteiger partial charge in [-0.2, -0.15) is 4.98 Å². The SMILES string of the molecule is Cc1cccc(Nc2nc(Cl)nnc2Cl)c1C. The van der Waals surface area contributed by atoms with Crippen LogP contribution in [0.4, 0.5) is 11.5 Å². The van der Waals surface area contributed by atoms with Crippen LogP contribution in [0, 0.1) is 13.8 Å². The fourth-order valence-electron chi connectivity index (χ4n) is 1.39. The molecule has 1 aromatic heterocycles. The summed E-state index contributed by atoms with van der Waals surface area (Å²) in [4.78, 5) is 3.99. The minimum atomic E-state index is 0.0576. The molecule has 0 bridgehead atoms. The van der Waals surface area contributed by atoms with Gasteiger partial charge in [0.1, 0.15) is 0 Å². The molecule has 17 heavy (non-hydrogen) atoms. The summed E-state index contributed by atoms with van der Waals surface area (Å²) < 4.78 is 0. The fourth-order valence-corrected chi connectivity index (χ4v) is 1.64. The standard InChI is InChI=1S/C11H10Cl2N4/c1-6-4-3-5-8(7(6)2)14-10-9(12)16-17-11(13)15-10/h3-5H,1-2H3,(H,14,15,17). The lowest BCUT2D eigenvalue weighted by Crippen LogP contribution is -2.00. The quantitative estimate of drug-likeness (QED) is 0.905.